The van der Waals surface area contributed by atoms with E-state index in [2.05, 4.69) is 6.58 Å². The summed E-state index contributed by atoms with van der Waals surface area (Å²) in [6.45, 7) is 5.56. The number of rotatable bonds is 5. The molecule has 0 radical (unpaired) electrons. The summed E-state index contributed by atoms with van der Waals surface area (Å²) in [6, 6.07) is 8.10. The predicted molar refractivity (Wildman–Crippen MR) is 80.5 cm³/mol. The third kappa shape index (κ3) is 2.39. The summed E-state index contributed by atoms with van der Waals surface area (Å²) in [6.07, 6.45) is 3.15. The lowest BCUT2D eigenvalue weighted by Crippen LogP contribution is -2.50. The van der Waals surface area contributed by atoms with Gasteiger partial charge in [0, 0.05) is 5.92 Å². The highest BCUT2D eigenvalue weighted by molar-refractivity contribution is 7.93. The van der Waals surface area contributed by atoms with Gasteiger partial charge in [-0.3, -0.25) is 4.79 Å². The molecule has 0 spiro atoms. The van der Waals surface area contributed by atoms with Crippen molar-refractivity contribution in [2.24, 2.45) is 5.92 Å². The van der Waals surface area contributed by atoms with Gasteiger partial charge in [0.25, 0.3) is 0 Å². The Kier molecular flexibility index (Phi) is 4.52. The Morgan fingerprint density at radius 3 is 2.67 bits per heavy atom. The highest BCUT2D eigenvalue weighted by Gasteiger charge is 2.59. The first-order valence-electron chi connectivity index (χ1n) is 7.10. The Bertz CT molecular complexity index is 621. The van der Waals surface area contributed by atoms with E-state index in [4.69, 9.17) is 4.74 Å². The van der Waals surface area contributed by atoms with E-state index in [0.717, 1.165) is 0 Å². The van der Waals surface area contributed by atoms with E-state index in [9.17, 15) is 13.2 Å². The van der Waals surface area contributed by atoms with Gasteiger partial charge in [-0.15, -0.1) is 6.58 Å². The molecular formula is C16H20O4S. The molecule has 0 aliphatic heterocycles. The number of ether oxygens (including phenoxy) is 1. The molecule has 0 heterocycles. The van der Waals surface area contributed by atoms with Crippen molar-refractivity contribution >= 4 is 15.8 Å². The molecule has 1 aliphatic carbocycles. The summed E-state index contributed by atoms with van der Waals surface area (Å²) < 4.78 is 29.8. The van der Waals surface area contributed by atoms with E-state index in [1.54, 1.807) is 31.2 Å². The smallest absolute Gasteiger partial charge is 0.328 e. The second-order valence-electron chi connectivity index (χ2n) is 5.16. The fourth-order valence-corrected chi connectivity index (χ4v) is 5.31. The maximum absolute atomic E-state index is 13.1. The number of hydrogen-bond acceptors (Lipinski definition) is 4. The summed E-state index contributed by atoms with van der Waals surface area (Å²) in [5, 5.41) is 0. The van der Waals surface area contributed by atoms with Crippen LogP contribution < -0.4 is 0 Å². The molecule has 4 nitrogen and oxygen atoms in total. The molecule has 1 aromatic carbocycles. The van der Waals surface area contributed by atoms with Crippen LogP contribution in [0.25, 0.3) is 0 Å². The van der Waals surface area contributed by atoms with Crippen LogP contribution in [-0.2, 0) is 19.4 Å². The van der Waals surface area contributed by atoms with Gasteiger partial charge in [-0.05, 0) is 31.9 Å². The van der Waals surface area contributed by atoms with Gasteiger partial charge in [0.15, 0.2) is 14.6 Å². The SMILES string of the molecule is C=C[C@H]1CCC[C@]1(C(=O)OCC)S(=O)(=O)c1ccccc1. The summed E-state index contributed by atoms with van der Waals surface area (Å²) in [4.78, 5) is 12.7. The largest absolute Gasteiger partial charge is 0.465 e. The molecule has 5 heteroatoms. The van der Waals surface area contributed by atoms with Crippen LogP contribution in [0.2, 0.25) is 0 Å². The highest BCUT2D eigenvalue weighted by atomic mass is 32.2. The molecular weight excluding hydrogens is 288 g/mol. The summed E-state index contributed by atoms with van der Waals surface area (Å²) in [7, 11) is -3.83. The molecule has 0 N–H and O–H groups in total. The molecule has 2 atom stereocenters. The minimum atomic E-state index is -3.83. The number of carbonyl (C=O) groups is 1. The number of benzene rings is 1. The second kappa shape index (κ2) is 6.02. The molecule has 0 bridgehead atoms. The molecule has 1 aliphatic rings. The van der Waals surface area contributed by atoms with Crippen molar-refractivity contribution in [2.75, 3.05) is 6.61 Å². The van der Waals surface area contributed by atoms with Crippen molar-refractivity contribution < 1.29 is 17.9 Å². The van der Waals surface area contributed by atoms with Crippen molar-refractivity contribution in [3.63, 3.8) is 0 Å². The molecule has 2 rings (SSSR count). The van der Waals surface area contributed by atoms with Crippen LogP contribution in [0.1, 0.15) is 26.2 Å². The molecule has 0 saturated heterocycles. The van der Waals surface area contributed by atoms with Crippen LogP contribution in [0.4, 0.5) is 0 Å². The van der Waals surface area contributed by atoms with Gasteiger partial charge in [-0.25, -0.2) is 8.42 Å². The van der Waals surface area contributed by atoms with E-state index >= 15 is 0 Å². The monoisotopic (exact) mass is 308 g/mol. The van der Waals surface area contributed by atoms with Crippen molar-refractivity contribution in [3.05, 3.63) is 43.0 Å². The van der Waals surface area contributed by atoms with Crippen LogP contribution in [-0.4, -0.2) is 25.7 Å². The normalized spacial score (nSPS) is 25.5. The molecule has 0 amide bonds. The van der Waals surface area contributed by atoms with Gasteiger partial charge in [0.1, 0.15) is 0 Å². The summed E-state index contributed by atoms with van der Waals surface area (Å²) in [5.41, 5.74) is 0. The predicted octanol–water partition coefficient (Wildman–Crippen LogP) is 2.75. The number of carbonyl (C=O) groups excluding carboxylic acids is 1. The average Bonchev–Trinajstić information content (AvgIpc) is 2.94. The van der Waals surface area contributed by atoms with Crippen molar-refractivity contribution in [2.45, 2.75) is 35.8 Å². The van der Waals surface area contributed by atoms with Crippen LogP contribution in [0.3, 0.4) is 0 Å². The molecule has 0 aromatic heterocycles. The van der Waals surface area contributed by atoms with E-state index in [1.807, 2.05) is 0 Å². The fraction of sp³-hybridized carbons (Fsp3) is 0.438. The summed E-state index contributed by atoms with van der Waals surface area (Å²) in [5.74, 6) is -1.07. The van der Waals surface area contributed by atoms with E-state index in [-0.39, 0.29) is 17.9 Å². The molecule has 21 heavy (non-hydrogen) atoms. The number of esters is 1. The van der Waals surface area contributed by atoms with Crippen LogP contribution in [0.5, 0.6) is 0 Å². The van der Waals surface area contributed by atoms with Gasteiger partial charge in [-0.1, -0.05) is 30.7 Å². The lowest BCUT2D eigenvalue weighted by Gasteiger charge is -2.31. The molecule has 0 unspecified atom stereocenters. The maximum atomic E-state index is 13.1. The first kappa shape index (κ1) is 15.8. The van der Waals surface area contributed by atoms with Crippen LogP contribution >= 0.6 is 0 Å². The quantitative estimate of drug-likeness (QED) is 0.620. The Morgan fingerprint density at radius 1 is 1.43 bits per heavy atom. The van der Waals surface area contributed by atoms with Crippen molar-refractivity contribution in [3.8, 4) is 0 Å². The Labute approximate surface area is 125 Å². The first-order chi connectivity index (χ1) is 10.0. The van der Waals surface area contributed by atoms with Gasteiger partial charge in [-0.2, -0.15) is 0 Å². The Balaban J connectivity index is 2.60. The van der Waals surface area contributed by atoms with Gasteiger partial charge in [0.05, 0.1) is 11.5 Å². The standard InChI is InChI=1S/C16H20O4S/c1-3-13-9-8-12-16(13,15(17)20-4-2)21(18,19)14-10-6-5-7-11-14/h3,5-7,10-11,13H,1,4,8-9,12H2,2H3/t13-,16-/m0/s1. The second-order valence-corrected chi connectivity index (χ2v) is 7.37. The highest BCUT2D eigenvalue weighted by Crippen LogP contribution is 2.46. The fourth-order valence-electron chi connectivity index (χ4n) is 3.07. The Hall–Kier alpha value is -1.62. The molecule has 114 valence electrons. The zero-order valence-corrected chi connectivity index (χ0v) is 12.9. The zero-order valence-electron chi connectivity index (χ0n) is 12.1. The van der Waals surface area contributed by atoms with Gasteiger partial charge >= 0.3 is 5.97 Å². The Morgan fingerprint density at radius 2 is 2.10 bits per heavy atom. The third-order valence-corrected chi connectivity index (χ3v) is 6.63. The van der Waals surface area contributed by atoms with Gasteiger partial charge < -0.3 is 4.74 Å². The zero-order chi connectivity index (χ0) is 15.5. The number of sulfone groups is 1. The van der Waals surface area contributed by atoms with Gasteiger partial charge in [0.2, 0.25) is 0 Å². The topological polar surface area (TPSA) is 60.4 Å². The maximum Gasteiger partial charge on any atom is 0.328 e. The minimum absolute atomic E-state index is 0.159. The van der Waals surface area contributed by atoms with Crippen molar-refractivity contribution in [1.82, 2.24) is 0 Å². The van der Waals surface area contributed by atoms with Crippen molar-refractivity contribution in [1.29, 1.82) is 0 Å². The lowest BCUT2D eigenvalue weighted by atomic mass is 9.95. The lowest BCUT2D eigenvalue weighted by molar-refractivity contribution is -0.147. The van der Waals surface area contributed by atoms with E-state index in [0.29, 0.717) is 12.8 Å². The summed E-state index contributed by atoms with van der Waals surface area (Å²) >= 11 is 0. The number of allylic oxidation sites excluding steroid dienone is 1. The van der Waals surface area contributed by atoms with E-state index < -0.39 is 26.5 Å². The minimum Gasteiger partial charge on any atom is -0.465 e. The average molecular weight is 308 g/mol. The first-order valence-corrected chi connectivity index (χ1v) is 8.58. The van der Waals surface area contributed by atoms with Crippen LogP contribution in [0, 0.1) is 5.92 Å². The third-order valence-electron chi connectivity index (χ3n) is 4.10. The molecule has 1 aromatic rings. The van der Waals surface area contributed by atoms with E-state index in [1.165, 1.54) is 12.1 Å². The number of hydrogen-bond donors (Lipinski definition) is 0. The van der Waals surface area contributed by atoms with Crippen LogP contribution in [0.15, 0.2) is 47.9 Å². The molecule has 1 fully saturated rings. The molecule has 1 saturated carbocycles.